The fraction of sp³-hybridized carbons (Fsp3) is 0.0909. The molecule has 0 spiro atoms. The molecular formula is C22H18F2N2O2. The van der Waals surface area contributed by atoms with Gasteiger partial charge >= 0.3 is 0 Å². The van der Waals surface area contributed by atoms with Gasteiger partial charge in [0.15, 0.2) is 11.6 Å². The summed E-state index contributed by atoms with van der Waals surface area (Å²) in [5, 5.41) is 2.82. The van der Waals surface area contributed by atoms with E-state index in [4.69, 9.17) is 4.74 Å². The lowest BCUT2D eigenvalue weighted by Gasteiger charge is -2.14. The Kier molecular flexibility index (Phi) is 6.11. The van der Waals surface area contributed by atoms with Crippen molar-refractivity contribution in [2.24, 2.45) is 0 Å². The van der Waals surface area contributed by atoms with Crippen LogP contribution < -0.4 is 10.1 Å². The van der Waals surface area contributed by atoms with Gasteiger partial charge in [-0.15, -0.1) is 0 Å². The highest BCUT2D eigenvalue weighted by molar-refractivity contribution is 5.91. The molecule has 1 aromatic heterocycles. The van der Waals surface area contributed by atoms with Crippen LogP contribution in [-0.2, 0) is 4.79 Å². The Balaban J connectivity index is 1.62. The molecule has 1 N–H and O–H groups in total. The average Bonchev–Trinajstić information content (AvgIpc) is 2.70. The number of ether oxygens (including phenoxy) is 1. The lowest BCUT2D eigenvalue weighted by Crippen LogP contribution is -2.24. The summed E-state index contributed by atoms with van der Waals surface area (Å²) in [6.45, 7) is 1.84. The molecule has 142 valence electrons. The van der Waals surface area contributed by atoms with E-state index in [0.717, 1.165) is 17.7 Å². The molecule has 4 nitrogen and oxygen atoms in total. The number of pyridine rings is 1. The van der Waals surface area contributed by atoms with Crippen molar-refractivity contribution in [3.63, 3.8) is 0 Å². The predicted molar refractivity (Wildman–Crippen MR) is 103 cm³/mol. The summed E-state index contributed by atoms with van der Waals surface area (Å²) < 4.78 is 31.8. The first-order valence-corrected chi connectivity index (χ1v) is 8.64. The fourth-order valence-corrected chi connectivity index (χ4v) is 2.51. The summed E-state index contributed by atoms with van der Waals surface area (Å²) in [5.41, 5.74) is 1.25. The zero-order valence-electron chi connectivity index (χ0n) is 15.1. The minimum absolute atomic E-state index is 0.283. The molecule has 0 saturated carbocycles. The van der Waals surface area contributed by atoms with Crippen LogP contribution in [0.3, 0.4) is 0 Å². The van der Waals surface area contributed by atoms with Crippen LogP contribution in [0.25, 0.3) is 6.08 Å². The summed E-state index contributed by atoms with van der Waals surface area (Å²) in [7, 11) is 0. The smallest absolute Gasteiger partial charge is 0.244 e. The number of rotatable bonds is 6. The predicted octanol–water partition coefficient (Wildman–Crippen LogP) is 5.04. The summed E-state index contributed by atoms with van der Waals surface area (Å²) in [5.74, 6) is -1.16. The van der Waals surface area contributed by atoms with Crippen LogP contribution >= 0.6 is 0 Å². The molecule has 0 aliphatic carbocycles. The molecule has 2 aromatic carbocycles. The number of halogens is 2. The molecule has 3 aromatic rings. The van der Waals surface area contributed by atoms with Gasteiger partial charge in [0, 0.05) is 18.3 Å². The van der Waals surface area contributed by atoms with E-state index >= 15 is 0 Å². The fourth-order valence-electron chi connectivity index (χ4n) is 2.51. The summed E-state index contributed by atoms with van der Waals surface area (Å²) >= 11 is 0. The van der Waals surface area contributed by atoms with Gasteiger partial charge in [0.2, 0.25) is 11.8 Å². The zero-order valence-corrected chi connectivity index (χ0v) is 15.1. The Morgan fingerprint density at radius 3 is 2.68 bits per heavy atom. The Hall–Kier alpha value is -3.54. The molecule has 1 amide bonds. The number of hydrogen-bond donors (Lipinski definition) is 1. The van der Waals surface area contributed by atoms with Crippen LogP contribution in [0.1, 0.15) is 24.1 Å². The van der Waals surface area contributed by atoms with E-state index in [0.29, 0.717) is 17.2 Å². The van der Waals surface area contributed by atoms with Crippen LogP contribution in [0.2, 0.25) is 0 Å². The lowest BCUT2D eigenvalue weighted by atomic mass is 10.1. The van der Waals surface area contributed by atoms with Gasteiger partial charge in [-0.1, -0.05) is 24.3 Å². The summed E-state index contributed by atoms with van der Waals surface area (Å²) in [6.07, 6.45) is 4.34. The van der Waals surface area contributed by atoms with E-state index in [1.54, 1.807) is 24.4 Å². The van der Waals surface area contributed by atoms with Crippen LogP contribution in [0.4, 0.5) is 8.78 Å². The maximum absolute atomic E-state index is 13.2. The molecule has 0 radical (unpaired) electrons. The molecule has 1 atom stereocenters. The number of hydrogen-bond acceptors (Lipinski definition) is 3. The monoisotopic (exact) mass is 380 g/mol. The highest BCUT2D eigenvalue weighted by Crippen LogP contribution is 2.23. The maximum atomic E-state index is 13.2. The second-order valence-corrected chi connectivity index (χ2v) is 6.08. The van der Waals surface area contributed by atoms with Gasteiger partial charge in [0.1, 0.15) is 5.75 Å². The first-order valence-electron chi connectivity index (χ1n) is 8.64. The summed E-state index contributed by atoms with van der Waals surface area (Å²) in [4.78, 5) is 16.2. The molecule has 6 heteroatoms. The average molecular weight is 380 g/mol. The zero-order chi connectivity index (χ0) is 19.9. The Bertz CT molecular complexity index is 991. The quantitative estimate of drug-likeness (QED) is 0.610. The van der Waals surface area contributed by atoms with Crippen LogP contribution in [0.5, 0.6) is 11.6 Å². The highest BCUT2D eigenvalue weighted by atomic mass is 19.2. The number of carbonyl (C=O) groups excluding carboxylic acids is 1. The van der Waals surface area contributed by atoms with E-state index in [9.17, 15) is 13.6 Å². The second kappa shape index (κ2) is 8.90. The van der Waals surface area contributed by atoms with E-state index in [-0.39, 0.29) is 11.9 Å². The van der Waals surface area contributed by atoms with E-state index < -0.39 is 11.6 Å². The third kappa shape index (κ3) is 5.23. The molecule has 28 heavy (non-hydrogen) atoms. The SMILES string of the molecule is CC(NC(=O)/C=C/c1ccc(F)c(F)c1)c1cccc(Oc2ccccn2)c1. The molecule has 0 bridgehead atoms. The number of nitrogens with zero attached hydrogens (tertiary/aromatic N) is 1. The van der Waals surface area contributed by atoms with Gasteiger partial charge in [0.25, 0.3) is 0 Å². The highest BCUT2D eigenvalue weighted by Gasteiger charge is 2.09. The Morgan fingerprint density at radius 2 is 1.93 bits per heavy atom. The van der Waals surface area contributed by atoms with Crippen LogP contribution in [0.15, 0.2) is 72.9 Å². The number of benzene rings is 2. The van der Waals surface area contributed by atoms with Crippen molar-refractivity contribution in [1.29, 1.82) is 0 Å². The molecule has 3 rings (SSSR count). The van der Waals surface area contributed by atoms with E-state index in [2.05, 4.69) is 10.3 Å². The van der Waals surface area contributed by atoms with Crippen LogP contribution in [0, 0.1) is 11.6 Å². The van der Waals surface area contributed by atoms with E-state index in [1.165, 1.54) is 18.2 Å². The van der Waals surface area contributed by atoms with Gasteiger partial charge < -0.3 is 10.1 Å². The van der Waals surface area contributed by atoms with Crippen molar-refractivity contribution in [2.75, 3.05) is 0 Å². The number of aromatic nitrogens is 1. The Morgan fingerprint density at radius 1 is 1.07 bits per heavy atom. The van der Waals surface area contributed by atoms with Crippen molar-refractivity contribution in [3.05, 3.63) is 95.7 Å². The van der Waals surface area contributed by atoms with Gasteiger partial charge in [0.05, 0.1) is 6.04 Å². The minimum Gasteiger partial charge on any atom is -0.439 e. The molecule has 0 aliphatic rings. The second-order valence-electron chi connectivity index (χ2n) is 6.08. The summed E-state index contributed by atoms with van der Waals surface area (Å²) in [6, 6.07) is 15.9. The minimum atomic E-state index is -0.958. The largest absolute Gasteiger partial charge is 0.439 e. The first-order chi connectivity index (χ1) is 13.5. The third-order valence-corrected chi connectivity index (χ3v) is 3.95. The Labute approximate surface area is 161 Å². The standard InChI is InChI=1S/C22H18F2N2O2/c1-15(26-21(27)11-9-16-8-10-19(23)20(24)13-16)17-5-4-6-18(14-17)28-22-7-2-3-12-25-22/h2-15H,1H3,(H,26,27)/b11-9+. The topological polar surface area (TPSA) is 51.2 Å². The van der Waals surface area contributed by atoms with Gasteiger partial charge in [-0.05, 0) is 54.5 Å². The first kappa shape index (κ1) is 19.2. The van der Waals surface area contributed by atoms with Gasteiger partial charge in [-0.3, -0.25) is 4.79 Å². The third-order valence-electron chi connectivity index (χ3n) is 3.95. The number of nitrogens with one attached hydrogen (secondary N) is 1. The molecule has 0 aliphatic heterocycles. The van der Waals surface area contributed by atoms with Crippen molar-refractivity contribution in [2.45, 2.75) is 13.0 Å². The van der Waals surface area contributed by atoms with E-state index in [1.807, 2.05) is 31.2 Å². The van der Waals surface area contributed by atoms with Gasteiger partial charge in [-0.25, -0.2) is 13.8 Å². The molecule has 0 fully saturated rings. The van der Waals surface area contributed by atoms with Crippen molar-refractivity contribution in [3.8, 4) is 11.6 Å². The lowest BCUT2D eigenvalue weighted by molar-refractivity contribution is -0.117. The van der Waals surface area contributed by atoms with Crippen LogP contribution in [-0.4, -0.2) is 10.9 Å². The molecule has 1 unspecified atom stereocenters. The normalized spacial score (nSPS) is 12.0. The van der Waals surface area contributed by atoms with Crippen molar-refractivity contribution < 1.29 is 18.3 Å². The van der Waals surface area contributed by atoms with Crippen molar-refractivity contribution in [1.82, 2.24) is 10.3 Å². The number of carbonyl (C=O) groups is 1. The number of amides is 1. The van der Waals surface area contributed by atoms with Crippen molar-refractivity contribution >= 4 is 12.0 Å². The molecule has 1 heterocycles. The maximum Gasteiger partial charge on any atom is 0.244 e. The molecular weight excluding hydrogens is 362 g/mol. The van der Waals surface area contributed by atoms with Gasteiger partial charge in [-0.2, -0.15) is 0 Å². The molecule has 0 saturated heterocycles.